The van der Waals surface area contributed by atoms with Crippen molar-refractivity contribution in [1.82, 2.24) is 0 Å². The zero-order valence-electron chi connectivity index (χ0n) is 27.3. The highest BCUT2D eigenvalue weighted by Crippen LogP contribution is 2.43. The largest absolute Gasteiger partial charge is 0.310 e. The molecule has 0 aliphatic carbocycles. The summed E-state index contributed by atoms with van der Waals surface area (Å²) in [4.78, 5) is 2.39. The van der Waals surface area contributed by atoms with Gasteiger partial charge in [-0.05, 0) is 97.0 Å². The Labute approximate surface area is 294 Å². The van der Waals surface area contributed by atoms with Gasteiger partial charge in [0.05, 0.1) is 0 Å². The molecule has 234 valence electrons. The molecule has 0 radical (unpaired) electrons. The van der Waals surface area contributed by atoms with Crippen LogP contribution in [0.4, 0.5) is 17.1 Å². The normalized spacial score (nSPS) is 11.6. The zero-order valence-corrected chi connectivity index (χ0v) is 28.1. The molecule has 0 saturated heterocycles. The van der Waals surface area contributed by atoms with Crippen LogP contribution in [0.2, 0.25) is 0 Å². The van der Waals surface area contributed by atoms with Crippen molar-refractivity contribution in [3.63, 3.8) is 0 Å². The van der Waals surface area contributed by atoms with Gasteiger partial charge >= 0.3 is 0 Å². The van der Waals surface area contributed by atoms with Crippen molar-refractivity contribution in [2.75, 3.05) is 4.90 Å². The number of benzene rings is 9. The zero-order chi connectivity index (χ0) is 33.0. The van der Waals surface area contributed by atoms with Gasteiger partial charge in [0.15, 0.2) is 0 Å². The molecule has 2 heteroatoms. The molecule has 10 rings (SSSR count). The minimum atomic E-state index is 1.13. The van der Waals surface area contributed by atoms with Crippen LogP contribution in [0.1, 0.15) is 0 Å². The van der Waals surface area contributed by atoms with Gasteiger partial charge in [-0.25, -0.2) is 0 Å². The molecule has 0 atom stereocenters. The molecule has 50 heavy (non-hydrogen) atoms. The minimum absolute atomic E-state index is 1.13. The van der Waals surface area contributed by atoms with Gasteiger partial charge in [0.2, 0.25) is 0 Å². The Bertz CT molecular complexity index is 2860. The molecule has 1 aromatic heterocycles. The van der Waals surface area contributed by atoms with Gasteiger partial charge in [-0.15, -0.1) is 11.3 Å². The lowest BCUT2D eigenvalue weighted by Crippen LogP contribution is -2.09. The van der Waals surface area contributed by atoms with Gasteiger partial charge in [-0.1, -0.05) is 146 Å². The average Bonchev–Trinajstić information content (AvgIpc) is 3.57. The van der Waals surface area contributed by atoms with Crippen LogP contribution in [0.3, 0.4) is 0 Å². The molecule has 0 fully saturated rings. The predicted octanol–water partition coefficient (Wildman–Crippen LogP) is 14.3. The summed E-state index contributed by atoms with van der Waals surface area (Å²) < 4.78 is 2.66. The van der Waals surface area contributed by atoms with Crippen molar-refractivity contribution < 1.29 is 0 Å². The third-order valence-electron chi connectivity index (χ3n) is 10.0. The van der Waals surface area contributed by atoms with Gasteiger partial charge in [-0.3, -0.25) is 0 Å². The Morgan fingerprint density at radius 1 is 0.320 bits per heavy atom. The molecule has 0 aliphatic rings. The fourth-order valence-corrected chi connectivity index (χ4v) is 8.74. The van der Waals surface area contributed by atoms with Gasteiger partial charge in [0.1, 0.15) is 0 Å². The van der Waals surface area contributed by atoms with Crippen molar-refractivity contribution in [3.8, 4) is 22.3 Å². The second-order valence-corrected chi connectivity index (χ2v) is 14.0. The molecule has 10 aromatic rings. The number of rotatable bonds is 5. The van der Waals surface area contributed by atoms with Crippen molar-refractivity contribution in [2.24, 2.45) is 0 Å². The second kappa shape index (κ2) is 11.7. The van der Waals surface area contributed by atoms with Crippen LogP contribution in [0.5, 0.6) is 0 Å². The smallest absolute Gasteiger partial charge is 0.0468 e. The Morgan fingerprint density at radius 3 is 1.68 bits per heavy atom. The molecular weight excluding hydrogens is 623 g/mol. The van der Waals surface area contributed by atoms with Crippen LogP contribution in [0.25, 0.3) is 74.7 Å². The summed E-state index contributed by atoms with van der Waals surface area (Å²) in [5, 5.41) is 10.2. The van der Waals surface area contributed by atoms with E-state index in [4.69, 9.17) is 0 Å². The molecule has 9 aromatic carbocycles. The van der Waals surface area contributed by atoms with Crippen molar-refractivity contribution in [1.29, 1.82) is 0 Å². The number of hydrogen-bond donors (Lipinski definition) is 0. The maximum atomic E-state index is 2.39. The van der Waals surface area contributed by atoms with Crippen LogP contribution in [-0.4, -0.2) is 0 Å². The van der Waals surface area contributed by atoms with E-state index in [-0.39, 0.29) is 0 Å². The fourth-order valence-electron chi connectivity index (χ4n) is 7.52. The molecule has 0 spiro atoms. The average molecular weight is 654 g/mol. The van der Waals surface area contributed by atoms with Gasteiger partial charge in [-0.2, -0.15) is 0 Å². The van der Waals surface area contributed by atoms with E-state index in [1.807, 2.05) is 11.3 Å². The van der Waals surface area contributed by atoms with E-state index in [1.54, 1.807) is 0 Å². The second-order valence-electron chi connectivity index (χ2n) is 13.0. The summed E-state index contributed by atoms with van der Waals surface area (Å²) in [6.07, 6.45) is 0. The predicted molar refractivity (Wildman–Crippen MR) is 217 cm³/mol. The molecule has 0 saturated carbocycles. The summed E-state index contributed by atoms with van der Waals surface area (Å²) in [5.41, 5.74) is 8.31. The quantitative estimate of drug-likeness (QED) is 0.179. The Kier molecular flexibility index (Phi) is 6.75. The molecule has 1 nitrogen and oxygen atoms in total. The van der Waals surface area contributed by atoms with Gasteiger partial charge in [0, 0.05) is 37.2 Å². The third kappa shape index (κ3) is 4.84. The van der Waals surface area contributed by atoms with E-state index in [9.17, 15) is 0 Å². The first-order valence-electron chi connectivity index (χ1n) is 17.1. The summed E-state index contributed by atoms with van der Waals surface area (Å²) >= 11 is 1.89. The molecule has 0 aliphatic heterocycles. The summed E-state index contributed by atoms with van der Waals surface area (Å²) in [6.45, 7) is 0. The molecule has 0 bridgehead atoms. The van der Waals surface area contributed by atoms with Crippen molar-refractivity contribution in [2.45, 2.75) is 0 Å². The first-order chi connectivity index (χ1) is 24.8. The van der Waals surface area contributed by atoms with E-state index in [2.05, 4.69) is 193 Å². The maximum Gasteiger partial charge on any atom is 0.0468 e. The Morgan fingerprint density at radius 2 is 0.880 bits per heavy atom. The molecule has 0 N–H and O–H groups in total. The molecule has 1 heterocycles. The third-order valence-corrected chi connectivity index (χ3v) is 11.3. The summed E-state index contributed by atoms with van der Waals surface area (Å²) in [6, 6.07) is 68.7. The number of fused-ring (bicyclic) bond motifs is 7. The first-order valence-corrected chi connectivity index (χ1v) is 17.9. The van der Waals surface area contributed by atoms with E-state index < -0.39 is 0 Å². The lowest BCUT2D eigenvalue weighted by atomic mass is 9.96. The van der Waals surface area contributed by atoms with Crippen LogP contribution in [0, 0.1) is 0 Å². The number of hydrogen-bond acceptors (Lipinski definition) is 2. The maximum absolute atomic E-state index is 2.39. The first kappa shape index (κ1) is 28.8. The van der Waals surface area contributed by atoms with Crippen LogP contribution in [0.15, 0.2) is 188 Å². The summed E-state index contributed by atoms with van der Waals surface area (Å²) in [5.74, 6) is 0. The molecular formula is C48H31NS. The van der Waals surface area contributed by atoms with E-state index in [0.29, 0.717) is 0 Å². The monoisotopic (exact) mass is 653 g/mol. The highest BCUT2D eigenvalue weighted by molar-refractivity contribution is 7.26. The van der Waals surface area contributed by atoms with Crippen LogP contribution < -0.4 is 4.90 Å². The number of thiophene rings is 1. The fraction of sp³-hybridized carbons (Fsp3) is 0. The summed E-state index contributed by atoms with van der Waals surface area (Å²) in [7, 11) is 0. The topological polar surface area (TPSA) is 3.24 Å². The Balaban J connectivity index is 1.06. The number of anilines is 3. The SMILES string of the molecule is c1ccc2cc(N(c3ccc(-c4ccc(-c5cccc6ccccc56)cc4)cc3)c3ccc4sc5c6ccccc6ccc5c4c3)ccc2c1. The highest BCUT2D eigenvalue weighted by Gasteiger charge is 2.16. The Hall–Kier alpha value is -6.22. The highest BCUT2D eigenvalue weighted by atomic mass is 32.1. The van der Waals surface area contributed by atoms with Crippen LogP contribution in [-0.2, 0) is 0 Å². The van der Waals surface area contributed by atoms with Crippen molar-refractivity contribution in [3.05, 3.63) is 188 Å². The number of nitrogens with zero attached hydrogens (tertiary/aromatic N) is 1. The van der Waals surface area contributed by atoms with E-state index in [1.165, 1.54) is 74.7 Å². The lowest BCUT2D eigenvalue weighted by Gasteiger charge is -2.26. The van der Waals surface area contributed by atoms with E-state index >= 15 is 0 Å². The van der Waals surface area contributed by atoms with Crippen LogP contribution >= 0.6 is 11.3 Å². The van der Waals surface area contributed by atoms with Gasteiger partial charge in [0.25, 0.3) is 0 Å². The van der Waals surface area contributed by atoms with E-state index in [0.717, 1.165) is 17.1 Å². The van der Waals surface area contributed by atoms with Crippen molar-refractivity contribution >= 4 is 80.9 Å². The molecule has 0 unspecified atom stereocenters. The molecule has 0 amide bonds. The minimum Gasteiger partial charge on any atom is -0.310 e. The van der Waals surface area contributed by atoms with Gasteiger partial charge < -0.3 is 4.90 Å². The lowest BCUT2D eigenvalue weighted by molar-refractivity contribution is 1.30. The standard InChI is InChI=1S/C48H31NS/c1-2-11-38-30-40(26-22-32(38)8-1)49(41-27-29-47-46(31-41)45-28-23-36-10-4-6-14-44(36)48(45)50-47)39-24-20-34(21-25-39)33-16-18-37(19-17-33)43-15-7-12-35-9-3-5-13-42(35)43/h1-31H.